The molecule has 1 fully saturated rings. The number of halogens is 9. The second-order valence-electron chi connectivity index (χ2n) is 8.67. The molecular formula is C23H17F9N2O2S. The Balaban J connectivity index is 1.59. The average molecular weight is 556 g/mol. The highest BCUT2D eigenvalue weighted by Crippen LogP contribution is 2.50. The van der Waals surface area contributed by atoms with Crippen molar-refractivity contribution in [1.82, 2.24) is 4.90 Å². The van der Waals surface area contributed by atoms with Gasteiger partial charge < -0.3 is 9.74 Å². The summed E-state index contributed by atoms with van der Waals surface area (Å²) in [4.78, 5) is 17.8. The van der Waals surface area contributed by atoms with Crippen molar-refractivity contribution >= 4 is 23.4 Å². The first-order valence-electron chi connectivity index (χ1n) is 10.6. The van der Waals surface area contributed by atoms with Gasteiger partial charge in [-0.1, -0.05) is 29.4 Å². The van der Waals surface area contributed by atoms with Crippen LogP contribution in [0.5, 0.6) is 0 Å². The quantitative estimate of drug-likeness (QED) is 0.429. The number of rotatable bonds is 5. The summed E-state index contributed by atoms with van der Waals surface area (Å²) in [6, 6.07) is 4.94. The van der Waals surface area contributed by atoms with Gasteiger partial charge in [0, 0.05) is 12.0 Å². The highest BCUT2D eigenvalue weighted by molar-refractivity contribution is 7.99. The second kappa shape index (κ2) is 9.14. The first-order chi connectivity index (χ1) is 17.1. The van der Waals surface area contributed by atoms with Crippen LogP contribution in [0, 0.1) is 11.6 Å². The smallest absolute Gasteiger partial charge is 0.374 e. The van der Waals surface area contributed by atoms with Gasteiger partial charge in [0.2, 0.25) is 5.91 Å². The Morgan fingerprint density at radius 3 is 2.22 bits per heavy atom. The van der Waals surface area contributed by atoms with Gasteiger partial charge in [-0.05, 0) is 29.5 Å². The van der Waals surface area contributed by atoms with Gasteiger partial charge in [-0.3, -0.25) is 4.79 Å². The predicted octanol–water partition coefficient (Wildman–Crippen LogP) is 5.94. The first-order valence-corrected chi connectivity index (χ1v) is 12.0. The largest absolute Gasteiger partial charge is 0.435 e. The van der Waals surface area contributed by atoms with Crippen molar-refractivity contribution in [2.75, 3.05) is 25.1 Å². The molecule has 2 aromatic rings. The van der Waals surface area contributed by atoms with Crippen molar-refractivity contribution in [2.45, 2.75) is 30.0 Å². The molecule has 2 aliphatic heterocycles. The van der Waals surface area contributed by atoms with Gasteiger partial charge in [0.1, 0.15) is 0 Å². The molecule has 0 aliphatic carbocycles. The number of alkyl halides is 7. The zero-order valence-corrected chi connectivity index (χ0v) is 19.6. The third kappa shape index (κ3) is 4.75. The molecular weight excluding hydrogens is 539 g/mol. The van der Waals surface area contributed by atoms with Crippen LogP contribution in [-0.2, 0) is 27.1 Å². The number of likely N-dealkylation sites (tertiary alicyclic amines) is 1. The van der Waals surface area contributed by atoms with Gasteiger partial charge in [-0.25, -0.2) is 13.2 Å². The maximum atomic E-state index is 15.1. The normalized spacial score (nSPS) is 21.4. The Kier molecular flexibility index (Phi) is 6.70. The number of thioether (sulfide) groups is 1. The Morgan fingerprint density at radius 1 is 1.05 bits per heavy atom. The molecule has 0 saturated carbocycles. The van der Waals surface area contributed by atoms with Gasteiger partial charge >= 0.3 is 12.4 Å². The van der Waals surface area contributed by atoms with Crippen molar-refractivity contribution in [1.29, 1.82) is 0 Å². The molecule has 0 aromatic heterocycles. The van der Waals surface area contributed by atoms with Crippen molar-refractivity contribution < 1.29 is 49.1 Å². The molecule has 0 spiro atoms. The van der Waals surface area contributed by atoms with Crippen molar-refractivity contribution in [3.8, 4) is 0 Å². The number of nitrogens with zero attached hydrogens (tertiary/aromatic N) is 2. The highest BCUT2D eigenvalue weighted by atomic mass is 32.2. The molecule has 0 radical (unpaired) electrons. The molecule has 2 aliphatic rings. The van der Waals surface area contributed by atoms with E-state index in [9.17, 15) is 39.9 Å². The Bertz CT molecular complexity index is 1240. The standard InChI is InChI=1S/C23H17F9N2O2S/c1-37-9-18(35)34-10-20(26,11-34)13-4-2-12(3-5-13)17-8-21(36-33-17,23(30,31)32)14-6-15(22(27,28)29)19(25)16(24)7-14/h2-7H,8-11H2,1H3. The molecule has 2 aromatic carbocycles. The summed E-state index contributed by atoms with van der Waals surface area (Å²) in [6.07, 6.45) is -10.3. The van der Waals surface area contributed by atoms with Crippen LogP contribution in [0.4, 0.5) is 39.5 Å². The van der Waals surface area contributed by atoms with E-state index in [4.69, 9.17) is 0 Å². The Morgan fingerprint density at radius 2 is 1.68 bits per heavy atom. The molecule has 37 heavy (non-hydrogen) atoms. The van der Waals surface area contributed by atoms with Crippen molar-refractivity contribution in [3.63, 3.8) is 0 Å². The lowest BCUT2D eigenvalue weighted by molar-refractivity contribution is -0.276. The number of benzene rings is 2. The molecule has 1 amide bonds. The lowest BCUT2D eigenvalue weighted by atomic mass is 9.84. The number of hydrogen-bond donors (Lipinski definition) is 0. The van der Waals surface area contributed by atoms with E-state index in [0.717, 1.165) is 0 Å². The summed E-state index contributed by atoms with van der Waals surface area (Å²) in [5.74, 6) is -4.51. The van der Waals surface area contributed by atoms with Gasteiger partial charge in [0.15, 0.2) is 17.3 Å². The minimum absolute atomic E-state index is 0.00678. The third-order valence-corrected chi connectivity index (χ3v) is 6.76. The van der Waals surface area contributed by atoms with E-state index in [1.807, 2.05) is 0 Å². The number of carbonyl (C=O) groups is 1. The van der Waals surface area contributed by atoms with Crippen LogP contribution in [0.1, 0.15) is 28.7 Å². The van der Waals surface area contributed by atoms with Crippen LogP contribution < -0.4 is 0 Å². The molecule has 200 valence electrons. The fourth-order valence-electron chi connectivity index (χ4n) is 4.18. The predicted molar refractivity (Wildman–Crippen MR) is 116 cm³/mol. The maximum absolute atomic E-state index is 15.1. The first kappa shape index (κ1) is 27.1. The van der Waals surface area contributed by atoms with E-state index < -0.39 is 52.8 Å². The van der Waals surface area contributed by atoms with Crippen molar-refractivity contribution in [2.24, 2.45) is 5.16 Å². The number of hydrogen-bond acceptors (Lipinski definition) is 4. The average Bonchev–Trinajstić information content (AvgIpc) is 3.25. The fraction of sp³-hybridized carbons (Fsp3) is 0.391. The molecule has 1 unspecified atom stereocenters. The molecule has 0 bridgehead atoms. The summed E-state index contributed by atoms with van der Waals surface area (Å²) in [5, 5.41) is 3.38. The van der Waals surface area contributed by atoms with Gasteiger partial charge in [-0.2, -0.15) is 38.1 Å². The SMILES string of the molecule is CSCC(=O)N1CC(F)(c2ccc(C3=NOC(c4cc(F)c(F)c(C(F)(F)F)c4)(C(F)(F)F)C3)cc2)C1. The number of oxime groups is 1. The number of amides is 1. The second-order valence-corrected chi connectivity index (χ2v) is 9.54. The van der Waals surface area contributed by atoms with Gasteiger partial charge in [0.25, 0.3) is 5.60 Å². The van der Waals surface area contributed by atoms with Crippen LogP contribution in [0.25, 0.3) is 0 Å². The van der Waals surface area contributed by atoms with E-state index in [-0.39, 0.29) is 53.7 Å². The van der Waals surface area contributed by atoms with Crippen molar-refractivity contribution in [3.05, 3.63) is 70.3 Å². The highest BCUT2D eigenvalue weighted by Gasteiger charge is 2.63. The lowest BCUT2D eigenvalue weighted by Crippen LogP contribution is -2.59. The summed E-state index contributed by atoms with van der Waals surface area (Å²) in [5.41, 5.74) is -9.02. The molecule has 2 heterocycles. The van der Waals surface area contributed by atoms with Gasteiger partial charge in [0.05, 0.1) is 30.1 Å². The van der Waals surface area contributed by atoms with Crippen LogP contribution >= 0.6 is 11.8 Å². The molecule has 4 nitrogen and oxygen atoms in total. The minimum Gasteiger partial charge on any atom is -0.374 e. The summed E-state index contributed by atoms with van der Waals surface area (Å²) < 4.78 is 124. The summed E-state index contributed by atoms with van der Waals surface area (Å²) in [6.45, 7) is -0.380. The maximum Gasteiger partial charge on any atom is 0.435 e. The monoisotopic (exact) mass is 556 g/mol. The van der Waals surface area contributed by atoms with Crippen LogP contribution in [0.15, 0.2) is 41.6 Å². The van der Waals surface area contributed by atoms with E-state index in [1.165, 1.54) is 40.9 Å². The Hall–Kier alpha value is -2.90. The zero-order chi connectivity index (χ0) is 27.4. The third-order valence-electron chi connectivity index (χ3n) is 6.22. The van der Waals surface area contributed by atoms with Crippen LogP contribution in [-0.4, -0.2) is 47.8 Å². The topological polar surface area (TPSA) is 41.9 Å². The molecule has 1 atom stereocenters. The zero-order valence-electron chi connectivity index (χ0n) is 18.8. The lowest BCUT2D eigenvalue weighted by Gasteiger charge is -2.44. The summed E-state index contributed by atoms with van der Waals surface area (Å²) >= 11 is 1.29. The molecule has 0 N–H and O–H groups in total. The van der Waals surface area contributed by atoms with Gasteiger partial charge in [-0.15, -0.1) is 0 Å². The van der Waals surface area contributed by atoms with Crippen LogP contribution in [0.3, 0.4) is 0 Å². The minimum atomic E-state index is -5.47. The Labute approximate surface area is 208 Å². The molecule has 1 saturated heterocycles. The number of carbonyl (C=O) groups excluding carboxylic acids is 1. The molecule has 4 rings (SSSR count). The molecule has 14 heteroatoms. The van der Waals surface area contributed by atoms with Crippen LogP contribution in [0.2, 0.25) is 0 Å². The van der Waals surface area contributed by atoms with E-state index in [1.54, 1.807) is 6.26 Å². The van der Waals surface area contributed by atoms with E-state index >= 15 is 4.39 Å². The van der Waals surface area contributed by atoms with E-state index in [2.05, 4.69) is 9.99 Å². The summed E-state index contributed by atoms with van der Waals surface area (Å²) in [7, 11) is 0. The fourth-order valence-corrected chi connectivity index (χ4v) is 4.61. The van der Waals surface area contributed by atoms with E-state index in [0.29, 0.717) is 0 Å².